The highest BCUT2D eigenvalue weighted by molar-refractivity contribution is 5.26. The van der Waals surface area contributed by atoms with Crippen LogP contribution >= 0.6 is 0 Å². The average Bonchev–Trinajstić information content (AvgIpc) is 2.62. The summed E-state index contributed by atoms with van der Waals surface area (Å²) in [7, 11) is 0. The SMILES string of the molecule is CCCc1ccc([C@H]2CC[C@H](CCc3ccccc3)CC2)cc1. The maximum Gasteiger partial charge on any atom is -0.0162 e. The average molecular weight is 306 g/mol. The fourth-order valence-electron chi connectivity index (χ4n) is 4.05. The first-order chi connectivity index (χ1) is 11.3. The van der Waals surface area contributed by atoms with E-state index in [0.29, 0.717) is 0 Å². The molecule has 1 fully saturated rings. The van der Waals surface area contributed by atoms with Crippen LogP contribution in [0.5, 0.6) is 0 Å². The third-order valence-corrected chi connectivity index (χ3v) is 5.52. The van der Waals surface area contributed by atoms with Gasteiger partial charge in [-0.25, -0.2) is 0 Å². The van der Waals surface area contributed by atoms with Crippen molar-refractivity contribution in [2.75, 3.05) is 0 Å². The normalized spacial score (nSPS) is 21.3. The van der Waals surface area contributed by atoms with Crippen molar-refractivity contribution in [1.82, 2.24) is 0 Å². The summed E-state index contributed by atoms with van der Waals surface area (Å²) in [6.07, 6.45) is 10.7. The number of benzene rings is 2. The predicted molar refractivity (Wildman–Crippen MR) is 99.9 cm³/mol. The Hall–Kier alpha value is -1.56. The Morgan fingerprint density at radius 1 is 0.739 bits per heavy atom. The minimum Gasteiger partial charge on any atom is -0.0651 e. The minimum absolute atomic E-state index is 0.804. The summed E-state index contributed by atoms with van der Waals surface area (Å²) >= 11 is 0. The summed E-state index contributed by atoms with van der Waals surface area (Å²) in [5.74, 6) is 1.74. The summed E-state index contributed by atoms with van der Waals surface area (Å²) in [5.41, 5.74) is 4.57. The van der Waals surface area contributed by atoms with Crippen LogP contribution in [0.3, 0.4) is 0 Å². The van der Waals surface area contributed by atoms with Gasteiger partial charge in [0.2, 0.25) is 0 Å². The van der Waals surface area contributed by atoms with E-state index in [1.165, 1.54) is 62.5 Å². The second-order valence-electron chi connectivity index (χ2n) is 7.23. The summed E-state index contributed by atoms with van der Waals surface area (Å²) in [5, 5.41) is 0. The topological polar surface area (TPSA) is 0 Å². The maximum absolute atomic E-state index is 2.39. The molecule has 0 saturated heterocycles. The molecule has 3 rings (SSSR count). The van der Waals surface area contributed by atoms with E-state index >= 15 is 0 Å². The van der Waals surface area contributed by atoms with Crippen LogP contribution in [-0.2, 0) is 12.8 Å². The fraction of sp³-hybridized carbons (Fsp3) is 0.478. The van der Waals surface area contributed by atoms with Crippen LogP contribution in [0, 0.1) is 5.92 Å². The molecule has 0 amide bonds. The Morgan fingerprint density at radius 3 is 2.04 bits per heavy atom. The standard InChI is InChI=1S/C23H30/c1-2-6-19-11-15-22(16-12-19)23-17-13-21(14-18-23)10-9-20-7-4-3-5-8-20/h3-5,7-8,11-12,15-16,21,23H,2,6,9-10,13-14,17-18H2,1H3/t21-,23-. The van der Waals surface area contributed by atoms with Gasteiger partial charge >= 0.3 is 0 Å². The van der Waals surface area contributed by atoms with Gasteiger partial charge in [-0.2, -0.15) is 0 Å². The van der Waals surface area contributed by atoms with E-state index in [9.17, 15) is 0 Å². The largest absolute Gasteiger partial charge is 0.0651 e. The molecule has 0 spiro atoms. The number of hydrogen-bond donors (Lipinski definition) is 0. The van der Waals surface area contributed by atoms with Gasteiger partial charge in [0, 0.05) is 0 Å². The summed E-state index contributed by atoms with van der Waals surface area (Å²) in [6, 6.07) is 20.4. The van der Waals surface area contributed by atoms with Gasteiger partial charge in [0.1, 0.15) is 0 Å². The van der Waals surface area contributed by atoms with Crippen molar-refractivity contribution >= 4 is 0 Å². The van der Waals surface area contributed by atoms with Crippen molar-refractivity contribution in [3.63, 3.8) is 0 Å². The predicted octanol–water partition coefficient (Wildman–Crippen LogP) is 6.55. The zero-order valence-electron chi connectivity index (χ0n) is 14.5. The van der Waals surface area contributed by atoms with Crippen LogP contribution in [0.25, 0.3) is 0 Å². The molecule has 0 bridgehead atoms. The van der Waals surface area contributed by atoms with Gasteiger partial charge in [-0.1, -0.05) is 67.9 Å². The molecule has 0 unspecified atom stereocenters. The van der Waals surface area contributed by atoms with Gasteiger partial charge in [-0.3, -0.25) is 0 Å². The lowest BCUT2D eigenvalue weighted by Gasteiger charge is -2.29. The molecule has 0 N–H and O–H groups in total. The van der Waals surface area contributed by atoms with Gasteiger partial charge in [0.05, 0.1) is 0 Å². The van der Waals surface area contributed by atoms with E-state index in [1.807, 2.05) is 0 Å². The molecule has 2 aromatic carbocycles. The van der Waals surface area contributed by atoms with E-state index in [-0.39, 0.29) is 0 Å². The molecule has 0 heterocycles. The summed E-state index contributed by atoms with van der Waals surface area (Å²) < 4.78 is 0. The monoisotopic (exact) mass is 306 g/mol. The van der Waals surface area contributed by atoms with E-state index in [2.05, 4.69) is 61.5 Å². The molecule has 2 aromatic rings. The molecular weight excluding hydrogens is 276 g/mol. The molecule has 1 saturated carbocycles. The van der Waals surface area contributed by atoms with E-state index in [0.717, 1.165) is 11.8 Å². The number of hydrogen-bond acceptors (Lipinski definition) is 0. The first kappa shape index (κ1) is 16.3. The lowest BCUT2D eigenvalue weighted by Crippen LogP contribution is -2.14. The van der Waals surface area contributed by atoms with Crippen molar-refractivity contribution in [1.29, 1.82) is 0 Å². The fourth-order valence-corrected chi connectivity index (χ4v) is 4.05. The quantitative estimate of drug-likeness (QED) is 0.568. The van der Waals surface area contributed by atoms with Crippen LogP contribution in [0.1, 0.15) is 68.1 Å². The highest BCUT2D eigenvalue weighted by atomic mass is 14.3. The van der Waals surface area contributed by atoms with Crippen LogP contribution in [0.2, 0.25) is 0 Å². The van der Waals surface area contributed by atoms with E-state index in [4.69, 9.17) is 0 Å². The molecule has 1 aliphatic rings. The Labute approximate surface area is 141 Å². The molecule has 0 heteroatoms. The van der Waals surface area contributed by atoms with Crippen LogP contribution in [-0.4, -0.2) is 0 Å². The number of aryl methyl sites for hydroxylation is 2. The molecule has 23 heavy (non-hydrogen) atoms. The minimum atomic E-state index is 0.804. The molecule has 0 aliphatic heterocycles. The molecule has 122 valence electrons. The molecular formula is C23H30. The maximum atomic E-state index is 2.39. The van der Waals surface area contributed by atoms with Crippen molar-refractivity contribution in [3.05, 3.63) is 71.3 Å². The lowest BCUT2D eigenvalue weighted by atomic mass is 9.77. The lowest BCUT2D eigenvalue weighted by molar-refractivity contribution is 0.310. The smallest absolute Gasteiger partial charge is 0.0162 e. The van der Waals surface area contributed by atoms with Gasteiger partial charge in [0.15, 0.2) is 0 Å². The summed E-state index contributed by atoms with van der Waals surface area (Å²) in [4.78, 5) is 0. The second kappa shape index (κ2) is 8.34. The van der Waals surface area contributed by atoms with Crippen LogP contribution in [0.4, 0.5) is 0 Å². The Morgan fingerprint density at radius 2 is 1.39 bits per heavy atom. The Balaban J connectivity index is 1.46. The zero-order valence-corrected chi connectivity index (χ0v) is 14.5. The third-order valence-electron chi connectivity index (χ3n) is 5.52. The summed E-state index contributed by atoms with van der Waals surface area (Å²) in [6.45, 7) is 2.25. The highest BCUT2D eigenvalue weighted by Crippen LogP contribution is 2.37. The third kappa shape index (κ3) is 4.70. The Bertz CT molecular complexity index is 559. The zero-order chi connectivity index (χ0) is 15.9. The molecule has 0 atom stereocenters. The van der Waals surface area contributed by atoms with Crippen molar-refractivity contribution in [3.8, 4) is 0 Å². The Kier molecular flexibility index (Phi) is 5.91. The van der Waals surface area contributed by atoms with Crippen molar-refractivity contribution in [2.24, 2.45) is 5.92 Å². The molecule has 0 nitrogen and oxygen atoms in total. The van der Waals surface area contributed by atoms with Gasteiger partial charge in [-0.05, 0) is 73.5 Å². The molecule has 0 aromatic heterocycles. The first-order valence-electron chi connectivity index (χ1n) is 9.48. The molecule has 1 aliphatic carbocycles. The van der Waals surface area contributed by atoms with Crippen LogP contribution in [0.15, 0.2) is 54.6 Å². The van der Waals surface area contributed by atoms with Crippen LogP contribution < -0.4 is 0 Å². The number of rotatable bonds is 6. The van der Waals surface area contributed by atoms with Gasteiger partial charge < -0.3 is 0 Å². The second-order valence-corrected chi connectivity index (χ2v) is 7.23. The van der Waals surface area contributed by atoms with E-state index in [1.54, 1.807) is 5.56 Å². The van der Waals surface area contributed by atoms with Gasteiger partial charge in [-0.15, -0.1) is 0 Å². The molecule has 0 radical (unpaired) electrons. The van der Waals surface area contributed by atoms with Gasteiger partial charge in [0.25, 0.3) is 0 Å². The highest BCUT2D eigenvalue weighted by Gasteiger charge is 2.22. The van der Waals surface area contributed by atoms with E-state index < -0.39 is 0 Å². The first-order valence-corrected chi connectivity index (χ1v) is 9.48. The van der Waals surface area contributed by atoms with Crippen molar-refractivity contribution in [2.45, 2.75) is 64.2 Å². The van der Waals surface area contributed by atoms with Crippen molar-refractivity contribution < 1.29 is 0 Å².